The van der Waals surface area contributed by atoms with Gasteiger partial charge >= 0.3 is 0 Å². The lowest BCUT2D eigenvalue weighted by Crippen LogP contribution is -2.30. The standard InChI is InChI=1S/C12H27NO4/c1-2-4-13(6-10-17-12-8-15)5-3-9-16-11-7-14/h14-15H,2-12H2,1H3. The molecule has 0 saturated heterocycles. The lowest BCUT2D eigenvalue weighted by molar-refractivity contribution is 0.0643. The normalized spacial score (nSPS) is 11.3. The van der Waals surface area contributed by atoms with Crippen molar-refractivity contribution < 1.29 is 19.7 Å². The average molecular weight is 249 g/mol. The van der Waals surface area contributed by atoms with Gasteiger partial charge in [0.25, 0.3) is 0 Å². The number of hydrogen-bond acceptors (Lipinski definition) is 5. The van der Waals surface area contributed by atoms with Gasteiger partial charge in [-0.15, -0.1) is 0 Å². The summed E-state index contributed by atoms with van der Waals surface area (Å²) in [6.45, 7) is 7.47. The zero-order valence-electron chi connectivity index (χ0n) is 10.9. The third-order valence-electron chi connectivity index (χ3n) is 2.33. The van der Waals surface area contributed by atoms with Crippen molar-refractivity contribution >= 4 is 0 Å². The van der Waals surface area contributed by atoms with E-state index in [2.05, 4.69) is 11.8 Å². The van der Waals surface area contributed by atoms with Gasteiger partial charge in [0.05, 0.1) is 33.0 Å². The smallest absolute Gasteiger partial charge is 0.0698 e. The minimum Gasteiger partial charge on any atom is -0.394 e. The Morgan fingerprint density at radius 1 is 0.824 bits per heavy atom. The molecule has 0 aliphatic rings. The fourth-order valence-electron chi connectivity index (χ4n) is 1.57. The summed E-state index contributed by atoms with van der Waals surface area (Å²) in [7, 11) is 0. The summed E-state index contributed by atoms with van der Waals surface area (Å²) in [6, 6.07) is 0. The first-order valence-corrected chi connectivity index (χ1v) is 6.44. The highest BCUT2D eigenvalue weighted by molar-refractivity contribution is 4.56. The monoisotopic (exact) mass is 249 g/mol. The first-order chi connectivity index (χ1) is 8.35. The largest absolute Gasteiger partial charge is 0.394 e. The second-order valence-electron chi connectivity index (χ2n) is 3.87. The highest BCUT2D eigenvalue weighted by Crippen LogP contribution is 1.95. The summed E-state index contributed by atoms with van der Waals surface area (Å²) in [5.41, 5.74) is 0. The lowest BCUT2D eigenvalue weighted by atomic mass is 10.3. The molecule has 0 fully saturated rings. The third-order valence-corrected chi connectivity index (χ3v) is 2.33. The van der Waals surface area contributed by atoms with E-state index in [0.29, 0.717) is 26.4 Å². The van der Waals surface area contributed by atoms with E-state index in [1.54, 1.807) is 0 Å². The van der Waals surface area contributed by atoms with Crippen LogP contribution in [0.3, 0.4) is 0 Å². The fourth-order valence-corrected chi connectivity index (χ4v) is 1.57. The van der Waals surface area contributed by atoms with Crippen molar-refractivity contribution in [1.29, 1.82) is 0 Å². The highest BCUT2D eigenvalue weighted by atomic mass is 16.5. The van der Waals surface area contributed by atoms with Crippen molar-refractivity contribution in [3.05, 3.63) is 0 Å². The second kappa shape index (κ2) is 13.9. The van der Waals surface area contributed by atoms with E-state index >= 15 is 0 Å². The zero-order valence-corrected chi connectivity index (χ0v) is 10.9. The van der Waals surface area contributed by atoms with Crippen molar-refractivity contribution in [1.82, 2.24) is 4.90 Å². The van der Waals surface area contributed by atoms with Crippen molar-refractivity contribution in [3.63, 3.8) is 0 Å². The molecule has 0 aliphatic heterocycles. The van der Waals surface area contributed by atoms with Crippen LogP contribution in [0, 0.1) is 0 Å². The van der Waals surface area contributed by atoms with Crippen molar-refractivity contribution in [2.45, 2.75) is 19.8 Å². The molecule has 0 atom stereocenters. The summed E-state index contributed by atoms with van der Waals surface area (Å²) < 4.78 is 10.5. The molecule has 0 radical (unpaired) electrons. The minimum atomic E-state index is 0.0861. The van der Waals surface area contributed by atoms with Gasteiger partial charge in [0, 0.05) is 19.7 Å². The molecule has 0 amide bonds. The molecule has 0 bridgehead atoms. The summed E-state index contributed by atoms with van der Waals surface area (Å²) in [5, 5.41) is 17.1. The van der Waals surface area contributed by atoms with Gasteiger partial charge < -0.3 is 24.6 Å². The van der Waals surface area contributed by atoms with Crippen LogP contribution in [-0.4, -0.2) is 74.4 Å². The summed E-state index contributed by atoms with van der Waals surface area (Å²) in [5.74, 6) is 0. The Hall–Kier alpha value is -0.200. The van der Waals surface area contributed by atoms with E-state index in [0.717, 1.165) is 32.5 Å². The van der Waals surface area contributed by atoms with Crippen LogP contribution in [0.1, 0.15) is 19.8 Å². The summed E-state index contributed by atoms with van der Waals surface area (Å²) >= 11 is 0. The van der Waals surface area contributed by atoms with Crippen LogP contribution >= 0.6 is 0 Å². The Kier molecular flexibility index (Phi) is 13.7. The molecule has 0 aromatic heterocycles. The maximum atomic E-state index is 8.58. The van der Waals surface area contributed by atoms with E-state index in [4.69, 9.17) is 19.7 Å². The van der Waals surface area contributed by atoms with E-state index < -0.39 is 0 Å². The van der Waals surface area contributed by atoms with Gasteiger partial charge in [-0.25, -0.2) is 0 Å². The molecule has 0 aliphatic carbocycles. The van der Waals surface area contributed by atoms with Crippen molar-refractivity contribution in [2.75, 3.05) is 59.3 Å². The number of ether oxygens (including phenoxy) is 2. The third kappa shape index (κ3) is 12.1. The fraction of sp³-hybridized carbons (Fsp3) is 1.00. The van der Waals surface area contributed by atoms with Gasteiger partial charge in [-0.3, -0.25) is 0 Å². The zero-order chi connectivity index (χ0) is 12.8. The molecule has 104 valence electrons. The molecule has 0 rings (SSSR count). The van der Waals surface area contributed by atoms with Gasteiger partial charge in [0.1, 0.15) is 0 Å². The molecular weight excluding hydrogens is 222 g/mol. The SMILES string of the molecule is CCCN(CCCOCCO)CCOCCO. The molecule has 0 saturated carbocycles. The first-order valence-electron chi connectivity index (χ1n) is 6.44. The van der Waals surface area contributed by atoms with Crippen LogP contribution in [0.2, 0.25) is 0 Å². The molecule has 0 aromatic rings. The van der Waals surface area contributed by atoms with E-state index in [1.807, 2.05) is 0 Å². The Bertz CT molecular complexity index is 146. The Morgan fingerprint density at radius 2 is 1.47 bits per heavy atom. The molecule has 0 spiro atoms. The topological polar surface area (TPSA) is 62.2 Å². The Morgan fingerprint density at radius 3 is 2.06 bits per heavy atom. The Labute approximate surface area is 104 Å². The van der Waals surface area contributed by atoms with E-state index in [9.17, 15) is 0 Å². The molecule has 5 nitrogen and oxygen atoms in total. The van der Waals surface area contributed by atoms with Crippen LogP contribution < -0.4 is 0 Å². The number of aliphatic hydroxyl groups is 2. The van der Waals surface area contributed by atoms with Gasteiger partial charge in [-0.05, 0) is 19.4 Å². The van der Waals surface area contributed by atoms with Crippen LogP contribution in [0.4, 0.5) is 0 Å². The molecule has 2 N–H and O–H groups in total. The summed E-state index contributed by atoms with van der Waals surface area (Å²) in [6.07, 6.45) is 2.09. The molecule has 0 aromatic carbocycles. The highest BCUT2D eigenvalue weighted by Gasteiger charge is 2.03. The Balaban J connectivity index is 3.45. The number of rotatable bonds is 13. The second-order valence-corrected chi connectivity index (χ2v) is 3.87. The average Bonchev–Trinajstić information content (AvgIpc) is 2.34. The number of aliphatic hydroxyl groups excluding tert-OH is 2. The molecule has 0 unspecified atom stereocenters. The maximum absolute atomic E-state index is 8.58. The van der Waals surface area contributed by atoms with Gasteiger partial charge in [-0.1, -0.05) is 6.92 Å². The van der Waals surface area contributed by atoms with Crippen molar-refractivity contribution in [3.8, 4) is 0 Å². The number of nitrogens with zero attached hydrogens (tertiary/aromatic N) is 1. The summed E-state index contributed by atoms with van der Waals surface area (Å²) in [4.78, 5) is 2.33. The predicted molar refractivity (Wildman–Crippen MR) is 67.2 cm³/mol. The molecule has 17 heavy (non-hydrogen) atoms. The van der Waals surface area contributed by atoms with E-state index in [-0.39, 0.29) is 13.2 Å². The minimum absolute atomic E-state index is 0.0861. The maximum Gasteiger partial charge on any atom is 0.0698 e. The molecule has 5 heteroatoms. The predicted octanol–water partition coefficient (Wildman–Crippen LogP) is 0.106. The van der Waals surface area contributed by atoms with Crippen LogP contribution in [0.15, 0.2) is 0 Å². The quantitative estimate of drug-likeness (QED) is 0.454. The van der Waals surface area contributed by atoms with Gasteiger partial charge in [-0.2, -0.15) is 0 Å². The first kappa shape index (κ1) is 16.8. The van der Waals surface area contributed by atoms with E-state index in [1.165, 1.54) is 0 Å². The van der Waals surface area contributed by atoms with Crippen LogP contribution in [-0.2, 0) is 9.47 Å². The van der Waals surface area contributed by atoms with Crippen LogP contribution in [0.5, 0.6) is 0 Å². The van der Waals surface area contributed by atoms with Gasteiger partial charge in [0.2, 0.25) is 0 Å². The molecule has 0 heterocycles. The van der Waals surface area contributed by atoms with Crippen LogP contribution in [0.25, 0.3) is 0 Å². The molecular formula is C12H27NO4. The van der Waals surface area contributed by atoms with Gasteiger partial charge in [0.15, 0.2) is 0 Å². The van der Waals surface area contributed by atoms with Crippen molar-refractivity contribution in [2.24, 2.45) is 0 Å². The lowest BCUT2D eigenvalue weighted by Gasteiger charge is -2.21. The number of hydrogen-bond donors (Lipinski definition) is 2.